The molecule has 8 rings (SSSR count). The van der Waals surface area contributed by atoms with Crippen LogP contribution in [0.1, 0.15) is 88.7 Å². The molecule has 1 spiro atoms. The van der Waals surface area contributed by atoms with E-state index in [2.05, 4.69) is 39.8 Å². The van der Waals surface area contributed by atoms with Gasteiger partial charge in [-0.15, -0.1) is 0 Å². The number of benzene rings is 1. The molecule has 1 aliphatic heterocycles. The van der Waals surface area contributed by atoms with Crippen LogP contribution >= 0.6 is 11.3 Å². The van der Waals surface area contributed by atoms with Crippen molar-refractivity contribution < 1.29 is 19.4 Å². The van der Waals surface area contributed by atoms with Gasteiger partial charge in [0.2, 0.25) is 0 Å². The number of anilines is 2. The number of carboxylic acid groups (broad SMARTS) is 1. The summed E-state index contributed by atoms with van der Waals surface area (Å²) < 4.78 is 13.0. The Morgan fingerprint density at radius 2 is 1.86 bits per heavy atom. The van der Waals surface area contributed by atoms with Gasteiger partial charge >= 0.3 is 5.97 Å². The van der Waals surface area contributed by atoms with E-state index in [0.717, 1.165) is 91.0 Å². The molecule has 2 bridgehead atoms. The van der Waals surface area contributed by atoms with Gasteiger partial charge in [0.15, 0.2) is 10.8 Å². The number of nitrogens with one attached hydrogen (secondary N) is 4. The van der Waals surface area contributed by atoms with Crippen molar-refractivity contribution in [3.8, 4) is 5.75 Å². The van der Waals surface area contributed by atoms with E-state index in [0.29, 0.717) is 46.7 Å². The summed E-state index contributed by atoms with van der Waals surface area (Å²) in [5, 5.41) is 29.7. The summed E-state index contributed by atoms with van der Waals surface area (Å²) in [6, 6.07) is 9.29. The Balaban J connectivity index is 1.01. The molecule has 3 heterocycles. The van der Waals surface area contributed by atoms with E-state index in [9.17, 15) is 9.90 Å². The zero-order chi connectivity index (χ0) is 39.8. The average Bonchev–Trinajstić information content (AvgIpc) is 3.76. The molecule has 0 radical (unpaired) electrons. The first-order valence-electron chi connectivity index (χ1n) is 19.6. The molecule has 0 amide bonds. The quantitative estimate of drug-likeness (QED) is 0.0663. The van der Waals surface area contributed by atoms with Crippen molar-refractivity contribution >= 4 is 50.3 Å². The lowest BCUT2D eigenvalue weighted by molar-refractivity contribution is -0.396. The molecule has 0 saturated heterocycles. The average molecular weight is 782 g/mol. The summed E-state index contributed by atoms with van der Waals surface area (Å²) >= 11 is 1.49. The number of hydrogen-bond acceptors (Lipinski definition) is 13. The molecular formula is C42H55N9O4S. The van der Waals surface area contributed by atoms with Gasteiger partial charge in [-0.3, -0.25) is 0 Å². The van der Waals surface area contributed by atoms with Crippen LogP contribution in [0.2, 0.25) is 0 Å². The van der Waals surface area contributed by atoms with Crippen LogP contribution in [-0.4, -0.2) is 73.3 Å². The van der Waals surface area contributed by atoms with Crippen LogP contribution in [-0.2, 0) is 4.74 Å². The van der Waals surface area contributed by atoms with E-state index in [4.69, 9.17) is 26.4 Å². The number of allylic oxidation sites excluding steroid dienone is 4. The Morgan fingerprint density at radius 3 is 2.54 bits per heavy atom. The maximum atomic E-state index is 12.8. The second-order valence-corrected chi connectivity index (χ2v) is 18.4. The SMILES string of the molecule is CNCCOC12CC3(C)CC4(CN/C(C)=C(\C=N)c5ccc(N6CCCC(/C(C)=C(\N)Nc7nc8cc(OC)ccc8s7)=C6N)nc5C(=O)O)CC(C)(C1)C32C4. The Labute approximate surface area is 332 Å². The van der Waals surface area contributed by atoms with E-state index >= 15 is 0 Å². The predicted octanol–water partition coefficient (Wildman–Crippen LogP) is 6.41. The Kier molecular flexibility index (Phi) is 9.20. The van der Waals surface area contributed by atoms with Crippen molar-refractivity contribution in [2.24, 2.45) is 33.1 Å². The van der Waals surface area contributed by atoms with Crippen LogP contribution < -0.4 is 37.1 Å². The summed E-state index contributed by atoms with van der Waals surface area (Å²) in [4.78, 5) is 24.0. The second-order valence-electron chi connectivity index (χ2n) is 17.4. The topological polar surface area (TPSA) is 197 Å². The highest BCUT2D eigenvalue weighted by Gasteiger charge is 2.93. The van der Waals surface area contributed by atoms with E-state index in [-0.39, 0.29) is 33.0 Å². The zero-order valence-electron chi connectivity index (χ0n) is 33.3. The van der Waals surface area contributed by atoms with Gasteiger partial charge in [-0.25, -0.2) is 14.8 Å². The van der Waals surface area contributed by atoms with Gasteiger partial charge in [0.05, 0.1) is 29.5 Å². The van der Waals surface area contributed by atoms with Gasteiger partial charge in [-0.05, 0) is 117 Å². The molecule has 2 unspecified atom stereocenters. The highest BCUT2D eigenvalue weighted by Crippen LogP contribution is 2.95. The number of methoxy groups -OCH3 is 1. The molecule has 13 nitrogen and oxygen atoms in total. The normalized spacial score (nSPS) is 30.9. The number of carbonyl (C=O) groups is 1. The number of hydrogen-bond donors (Lipinski definition) is 7. The van der Waals surface area contributed by atoms with Gasteiger partial charge in [0, 0.05) is 54.2 Å². The Morgan fingerprint density at radius 1 is 1.11 bits per heavy atom. The minimum Gasteiger partial charge on any atom is -0.497 e. The number of aromatic nitrogens is 2. The second kappa shape index (κ2) is 13.5. The summed E-state index contributed by atoms with van der Waals surface area (Å²) in [5.74, 6) is 0.900. The third-order valence-corrected chi connectivity index (χ3v) is 15.1. The minimum atomic E-state index is -1.17. The largest absolute Gasteiger partial charge is 0.497 e. The fourth-order valence-corrected chi connectivity index (χ4v) is 13.3. The first-order valence-corrected chi connectivity index (χ1v) is 20.4. The predicted molar refractivity (Wildman–Crippen MR) is 222 cm³/mol. The fraction of sp³-hybridized carbons (Fsp3) is 0.524. The maximum absolute atomic E-state index is 12.8. The number of nitrogens with two attached hydrogens (primary N) is 2. The van der Waals surface area contributed by atoms with Crippen LogP contribution in [0, 0.1) is 27.1 Å². The van der Waals surface area contributed by atoms with Gasteiger partial charge < -0.3 is 52.3 Å². The molecule has 2 aromatic heterocycles. The molecule has 4 aliphatic carbocycles. The van der Waals surface area contributed by atoms with Crippen molar-refractivity contribution in [3.63, 3.8) is 0 Å². The zero-order valence-corrected chi connectivity index (χ0v) is 34.1. The molecule has 14 heteroatoms. The lowest BCUT2D eigenvalue weighted by Gasteiger charge is -2.82. The van der Waals surface area contributed by atoms with E-state index in [1.165, 1.54) is 17.6 Å². The number of carboxylic acids is 1. The standard InChI is InChI=1S/C42H55N9O4S/c1-24(34(44)50-37-48-30-16-26(54-6)9-11-31(30)56-37)27-8-7-14-51(35(27)45)32-12-10-28(33(49-32)36(52)53)29(17-43)25(2)47-23-40-18-38(3)20-41(55-15-13-46-5)21-39(4,19-40)42(38,41)22-40/h9-12,16-17,43,46-47H,7-8,13-15,18-23,44-45H2,1-6H3,(H,48,50)(H,52,53)/b29-25+,34-24+,43-17?. The van der Waals surface area contributed by atoms with Crippen LogP contribution in [0.3, 0.4) is 0 Å². The van der Waals surface area contributed by atoms with Crippen molar-refractivity contribution in [1.82, 2.24) is 20.6 Å². The van der Waals surface area contributed by atoms with E-state index in [1.54, 1.807) is 19.2 Å². The highest BCUT2D eigenvalue weighted by molar-refractivity contribution is 7.22. The van der Waals surface area contributed by atoms with Gasteiger partial charge in [0.1, 0.15) is 23.2 Å². The number of thiazole rings is 1. The van der Waals surface area contributed by atoms with E-state index in [1.807, 2.05) is 44.0 Å². The number of rotatable bonds is 15. The maximum Gasteiger partial charge on any atom is 0.355 e. The third kappa shape index (κ3) is 5.53. The molecule has 4 fully saturated rings. The molecule has 298 valence electrons. The van der Waals surface area contributed by atoms with E-state index < -0.39 is 5.97 Å². The van der Waals surface area contributed by atoms with Gasteiger partial charge in [-0.1, -0.05) is 25.2 Å². The van der Waals surface area contributed by atoms with Crippen LogP contribution in [0.5, 0.6) is 5.75 Å². The number of pyridine rings is 1. The molecule has 56 heavy (non-hydrogen) atoms. The lowest BCUT2D eigenvalue weighted by atomic mass is 9.25. The van der Waals surface area contributed by atoms with Crippen LogP contribution in [0.4, 0.5) is 10.9 Å². The summed E-state index contributed by atoms with van der Waals surface area (Å²) in [6.07, 6.45) is 8.42. The highest BCUT2D eigenvalue weighted by atomic mass is 32.1. The van der Waals surface area contributed by atoms with Crippen molar-refractivity contribution in [2.45, 2.75) is 78.2 Å². The molecular weight excluding hydrogens is 727 g/mol. The number of nitrogens with zero attached hydrogens (tertiary/aromatic N) is 3. The molecule has 5 aliphatic rings. The molecule has 9 N–H and O–H groups in total. The number of aromatic carboxylic acids is 1. The van der Waals surface area contributed by atoms with Crippen molar-refractivity contribution in [3.05, 3.63) is 70.1 Å². The fourth-order valence-electron chi connectivity index (χ4n) is 12.4. The van der Waals surface area contributed by atoms with Crippen molar-refractivity contribution in [2.75, 3.05) is 50.6 Å². The monoisotopic (exact) mass is 781 g/mol. The molecule has 1 aromatic carbocycles. The molecule has 2 atom stereocenters. The summed E-state index contributed by atoms with van der Waals surface area (Å²) in [6.45, 7) is 11.8. The number of fused-ring (bicyclic) bond motifs is 2. The smallest absolute Gasteiger partial charge is 0.355 e. The molecule has 3 aromatic rings. The molecule has 4 saturated carbocycles. The lowest BCUT2D eigenvalue weighted by Crippen LogP contribution is -2.82. The number of ether oxygens (including phenoxy) is 2. The Hall–Kier alpha value is -4.66. The number of likely N-dealkylation sites (N-methyl/N-ethyl adjacent to an activating group) is 1. The van der Waals surface area contributed by atoms with Gasteiger partial charge in [0.25, 0.3) is 0 Å². The third-order valence-electron chi connectivity index (χ3n) is 14.1. The first kappa shape index (κ1) is 38.2. The minimum absolute atomic E-state index is 0.000753. The van der Waals surface area contributed by atoms with Gasteiger partial charge in [-0.2, -0.15) is 0 Å². The summed E-state index contributed by atoms with van der Waals surface area (Å²) in [7, 11) is 3.60. The van der Waals surface area contributed by atoms with Crippen molar-refractivity contribution in [1.29, 1.82) is 5.41 Å². The Bertz CT molecular complexity index is 2210. The van der Waals surface area contributed by atoms with Crippen LogP contribution in [0.15, 0.2) is 58.8 Å². The summed E-state index contributed by atoms with van der Waals surface area (Å²) in [5.41, 5.74) is 18.3. The van der Waals surface area contributed by atoms with Crippen LogP contribution in [0.25, 0.3) is 15.8 Å². The first-order chi connectivity index (χ1) is 26.7.